The average molecular weight is 257 g/mol. The highest BCUT2D eigenvalue weighted by Gasteiger charge is 2.19. The maximum Gasteiger partial charge on any atom is 0.250 e. The zero-order valence-corrected chi connectivity index (χ0v) is 10.2. The van der Waals surface area contributed by atoms with Gasteiger partial charge in [0.05, 0.1) is 6.20 Å². The van der Waals surface area contributed by atoms with Gasteiger partial charge in [-0.1, -0.05) is 6.07 Å². The van der Waals surface area contributed by atoms with Gasteiger partial charge in [0.15, 0.2) is 0 Å². The minimum atomic E-state index is -3.42. The number of aromatic amines is 1. The number of hydrogen-bond acceptors (Lipinski definition) is 4. The van der Waals surface area contributed by atoms with E-state index in [1.54, 1.807) is 36.8 Å². The van der Waals surface area contributed by atoms with E-state index in [0.717, 1.165) is 5.56 Å². The molecule has 0 amide bonds. The van der Waals surface area contributed by atoms with Crippen molar-refractivity contribution in [2.75, 3.05) is 0 Å². The molecular weight excluding hydrogens is 246 g/mol. The van der Waals surface area contributed by atoms with Gasteiger partial charge in [-0.3, -0.25) is 5.10 Å². The van der Waals surface area contributed by atoms with Gasteiger partial charge in [-0.25, -0.2) is 13.1 Å². The van der Waals surface area contributed by atoms with E-state index in [2.05, 4.69) is 14.9 Å². The van der Waals surface area contributed by atoms with Crippen LogP contribution >= 0.6 is 11.3 Å². The highest BCUT2D eigenvalue weighted by Crippen LogP contribution is 2.19. The Morgan fingerprint density at radius 2 is 2.38 bits per heavy atom. The van der Waals surface area contributed by atoms with Gasteiger partial charge >= 0.3 is 0 Å². The third kappa shape index (κ3) is 2.31. The van der Waals surface area contributed by atoms with E-state index < -0.39 is 10.0 Å². The van der Waals surface area contributed by atoms with E-state index in [9.17, 15) is 8.42 Å². The standard InChI is InChI=1S/C9H11N3O2S2/c1-7(8-5-10-11-6-8)12-16(13,14)9-3-2-4-15-9/h2-7,12H,1H3,(H,10,11). The van der Waals surface area contributed by atoms with Crippen molar-refractivity contribution < 1.29 is 8.42 Å². The van der Waals surface area contributed by atoms with Gasteiger partial charge in [-0.15, -0.1) is 11.3 Å². The highest BCUT2D eigenvalue weighted by atomic mass is 32.2. The van der Waals surface area contributed by atoms with Crippen LogP contribution in [0.2, 0.25) is 0 Å². The number of H-pyrrole nitrogens is 1. The average Bonchev–Trinajstić information content (AvgIpc) is 2.91. The predicted molar refractivity (Wildman–Crippen MR) is 61.6 cm³/mol. The summed E-state index contributed by atoms with van der Waals surface area (Å²) in [5.41, 5.74) is 0.806. The van der Waals surface area contributed by atoms with Crippen molar-refractivity contribution in [1.29, 1.82) is 0 Å². The fourth-order valence-electron chi connectivity index (χ4n) is 1.27. The fraction of sp³-hybridized carbons (Fsp3) is 0.222. The lowest BCUT2D eigenvalue weighted by Crippen LogP contribution is -2.25. The summed E-state index contributed by atoms with van der Waals surface area (Å²) in [5, 5.41) is 8.16. The van der Waals surface area contributed by atoms with Crippen LogP contribution in [0.5, 0.6) is 0 Å². The summed E-state index contributed by atoms with van der Waals surface area (Å²) < 4.78 is 26.6. The molecule has 0 radical (unpaired) electrons. The van der Waals surface area contributed by atoms with Crippen LogP contribution < -0.4 is 4.72 Å². The van der Waals surface area contributed by atoms with E-state index in [-0.39, 0.29) is 6.04 Å². The van der Waals surface area contributed by atoms with E-state index in [0.29, 0.717) is 4.21 Å². The van der Waals surface area contributed by atoms with Gasteiger partial charge in [-0.05, 0) is 18.4 Å². The largest absolute Gasteiger partial charge is 0.285 e. The zero-order valence-electron chi connectivity index (χ0n) is 8.54. The molecule has 0 spiro atoms. The number of nitrogens with one attached hydrogen (secondary N) is 2. The van der Waals surface area contributed by atoms with Crippen molar-refractivity contribution in [3.8, 4) is 0 Å². The quantitative estimate of drug-likeness (QED) is 0.871. The Morgan fingerprint density at radius 3 is 2.94 bits per heavy atom. The summed E-state index contributed by atoms with van der Waals surface area (Å²) >= 11 is 1.20. The molecule has 1 unspecified atom stereocenters. The van der Waals surface area contributed by atoms with Crippen LogP contribution in [0.25, 0.3) is 0 Å². The van der Waals surface area contributed by atoms with Crippen LogP contribution in [0.3, 0.4) is 0 Å². The van der Waals surface area contributed by atoms with Crippen molar-refractivity contribution in [2.45, 2.75) is 17.2 Å². The molecular formula is C9H11N3O2S2. The normalized spacial score (nSPS) is 13.8. The molecule has 0 aromatic carbocycles. The second-order valence-corrected chi connectivity index (χ2v) is 6.20. The van der Waals surface area contributed by atoms with Gasteiger partial charge in [0.25, 0.3) is 10.0 Å². The van der Waals surface area contributed by atoms with Gasteiger partial charge < -0.3 is 0 Å². The molecule has 2 heterocycles. The highest BCUT2D eigenvalue weighted by molar-refractivity contribution is 7.91. The predicted octanol–water partition coefficient (Wildman–Crippen LogP) is 1.51. The molecule has 16 heavy (non-hydrogen) atoms. The second-order valence-electron chi connectivity index (χ2n) is 3.31. The molecule has 0 aliphatic heterocycles. The summed E-state index contributed by atoms with van der Waals surface area (Å²) in [6.07, 6.45) is 3.27. The Labute approximate surface area is 97.6 Å². The Kier molecular flexibility index (Phi) is 3.08. The van der Waals surface area contributed by atoms with Crippen molar-refractivity contribution in [1.82, 2.24) is 14.9 Å². The fourth-order valence-corrected chi connectivity index (χ4v) is 3.51. The first-order chi connectivity index (χ1) is 7.59. The van der Waals surface area contributed by atoms with Crippen LogP contribution in [-0.2, 0) is 10.0 Å². The maximum absolute atomic E-state index is 11.9. The smallest absolute Gasteiger partial charge is 0.250 e. The van der Waals surface area contributed by atoms with Gasteiger partial charge in [-0.2, -0.15) is 5.10 Å². The SMILES string of the molecule is CC(NS(=O)(=O)c1cccs1)c1cn[nH]c1. The van der Waals surface area contributed by atoms with E-state index in [1.807, 2.05) is 0 Å². The number of hydrogen-bond donors (Lipinski definition) is 2. The first-order valence-corrected chi connectivity index (χ1v) is 7.00. The Bertz CT molecular complexity index is 531. The molecule has 0 aliphatic carbocycles. The molecule has 0 saturated heterocycles. The van der Waals surface area contributed by atoms with E-state index in [1.165, 1.54) is 11.3 Å². The van der Waals surface area contributed by atoms with E-state index in [4.69, 9.17) is 0 Å². The Balaban J connectivity index is 2.16. The summed E-state index contributed by atoms with van der Waals surface area (Å²) in [5.74, 6) is 0. The maximum atomic E-state index is 11.9. The molecule has 0 aliphatic rings. The molecule has 1 atom stereocenters. The lowest BCUT2D eigenvalue weighted by Gasteiger charge is -2.10. The molecule has 5 nitrogen and oxygen atoms in total. The summed E-state index contributed by atoms with van der Waals surface area (Å²) in [6.45, 7) is 1.77. The lowest BCUT2D eigenvalue weighted by atomic mass is 10.2. The lowest BCUT2D eigenvalue weighted by molar-refractivity contribution is 0.569. The number of thiophene rings is 1. The van der Waals surface area contributed by atoms with Crippen LogP contribution in [-0.4, -0.2) is 18.6 Å². The van der Waals surface area contributed by atoms with Crippen LogP contribution in [0.4, 0.5) is 0 Å². The van der Waals surface area contributed by atoms with Gasteiger partial charge in [0.2, 0.25) is 0 Å². The molecule has 0 saturated carbocycles. The topological polar surface area (TPSA) is 74.8 Å². The summed E-state index contributed by atoms with van der Waals surface area (Å²) in [4.78, 5) is 0. The monoisotopic (exact) mass is 257 g/mol. The molecule has 2 aromatic heterocycles. The molecule has 2 rings (SSSR count). The minimum Gasteiger partial charge on any atom is -0.285 e. The van der Waals surface area contributed by atoms with Crippen LogP contribution in [0, 0.1) is 0 Å². The van der Waals surface area contributed by atoms with Gasteiger partial charge in [0.1, 0.15) is 4.21 Å². The first kappa shape index (κ1) is 11.3. The minimum absolute atomic E-state index is 0.300. The molecule has 2 N–H and O–H groups in total. The molecule has 0 fully saturated rings. The summed E-state index contributed by atoms with van der Waals surface area (Å²) in [7, 11) is -3.42. The molecule has 0 bridgehead atoms. The third-order valence-corrected chi connectivity index (χ3v) is 5.05. The second kappa shape index (κ2) is 4.36. The van der Waals surface area contributed by atoms with Crippen LogP contribution in [0.1, 0.15) is 18.5 Å². The zero-order chi connectivity index (χ0) is 11.6. The van der Waals surface area contributed by atoms with Crippen molar-refractivity contribution >= 4 is 21.4 Å². The molecule has 7 heteroatoms. The summed E-state index contributed by atoms with van der Waals surface area (Å²) in [6, 6.07) is 2.99. The van der Waals surface area contributed by atoms with Crippen LogP contribution in [0.15, 0.2) is 34.1 Å². The Morgan fingerprint density at radius 1 is 1.56 bits per heavy atom. The number of sulfonamides is 1. The van der Waals surface area contributed by atoms with Crippen molar-refractivity contribution in [2.24, 2.45) is 0 Å². The third-order valence-electron chi connectivity index (χ3n) is 2.11. The molecule has 86 valence electrons. The van der Waals surface area contributed by atoms with Crippen molar-refractivity contribution in [3.63, 3.8) is 0 Å². The van der Waals surface area contributed by atoms with Gasteiger partial charge in [0, 0.05) is 17.8 Å². The first-order valence-electron chi connectivity index (χ1n) is 4.64. The van der Waals surface area contributed by atoms with E-state index >= 15 is 0 Å². The number of nitrogens with zero attached hydrogens (tertiary/aromatic N) is 1. The Hall–Kier alpha value is -1.18. The number of aromatic nitrogens is 2. The van der Waals surface area contributed by atoms with Crippen molar-refractivity contribution in [3.05, 3.63) is 35.5 Å². The molecule has 2 aromatic rings. The number of rotatable bonds is 4.